The van der Waals surface area contributed by atoms with Crippen molar-refractivity contribution in [3.8, 4) is 5.75 Å². The number of ether oxygens (including phenoxy) is 1. The molecule has 158 valence electrons. The molecule has 1 aliphatic rings. The summed E-state index contributed by atoms with van der Waals surface area (Å²) in [6.07, 6.45) is 0.370. The molecule has 6 nitrogen and oxygen atoms in total. The Morgan fingerprint density at radius 2 is 1.71 bits per heavy atom. The molecule has 0 aromatic heterocycles. The standard InChI is InChI=1S/C25H25N3O3/c1-30-24-15-9-8-14-22(24)23-16-21(31-27-23)18-28(17-19-10-4-2-5-11-19)25(29)26-20-12-6-3-7-13-20/h2-15,21H,16-18H2,1H3,(H,26,29). The van der Waals surface area contributed by atoms with Gasteiger partial charge in [-0.2, -0.15) is 0 Å². The zero-order valence-corrected chi connectivity index (χ0v) is 17.4. The molecule has 2 amide bonds. The lowest BCUT2D eigenvalue weighted by molar-refractivity contribution is 0.0608. The second-order valence-electron chi connectivity index (χ2n) is 7.33. The van der Waals surface area contributed by atoms with E-state index < -0.39 is 0 Å². The fraction of sp³-hybridized carbons (Fsp3) is 0.200. The van der Waals surface area contributed by atoms with Crippen molar-refractivity contribution in [2.24, 2.45) is 5.16 Å². The molecule has 1 aliphatic heterocycles. The van der Waals surface area contributed by atoms with Gasteiger partial charge in [-0.15, -0.1) is 0 Å². The number of rotatable bonds is 7. The fourth-order valence-corrected chi connectivity index (χ4v) is 3.56. The van der Waals surface area contributed by atoms with Crippen molar-refractivity contribution >= 4 is 17.4 Å². The van der Waals surface area contributed by atoms with Gasteiger partial charge >= 0.3 is 6.03 Å². The molecular weight excluding hydrogens is 390 g/mol. The molecule has 31 heavy (non-hydrogen) atoms. The highest BCUT2D eigenvalue weighted by molar-refractivity contribution is 6.03. The zero-order chi connectivity index (χ0) is 21.5. The number of benzene rings is 3. The Labute approximate surface area is 182 Å². The van der Waals surface area contributed by atoms with E-state index in [-0.39, 0.29) is 12.1 Å². The highest BCUT2D eigenvalue weighted by atomic mass is 16.6. The van der Waals surface area contributed by atoms with Gasteiger partial charge in [0.25, 0.3) is 0 Å². The highest BCUT2D eigenvalue weighted by Crippen LogP contribution is 2.25. The Bertz CT molecular complexity index is 1040. The van der Waals surface area contributed by atoms with Crippen molar-refractivity contribution in [3.63, 3.8) is 0 Å². The van der Waals surface area contributed by atoms with Crippen molar-refractivity contribution in [1.29, 1.82) is 0 Å². The number of methoxy groups -OCH3 is 1. The lowest BCUT2D eigenvalue weighted by Gasteiger charge is -2.25. The van der Waals surface area contributed by atoms with Crippen LogP contribution in [-0.4, -0.2) is 36.4 Å². The largest absolute Gasteiger partial charge is 0.496 e. The number of oxime groups is 1. The maximum absolute atomic E-state index is 13.1. The molecule has 0 radical (unpaired) electrons. The minimum absolute atomic E-state index is 0.176. The Balaban J connectivity index is 1.46. The Morgan fingerprint density at radius 1 is 1.03 bits per heavy atom. The van der Waals surface area contributed by atoms with E-state index in [2.05, 4.69) is 10.5 Å². The maximum Gasteiger partial charge on any atom is 0.322 e. The summed E-state index contributed by atoms with van der Waals surface area (Å²) < 4.78 is 5.45. The van der Waals surface area contributed by atoms with Crippen LogP contribution in [0.2, 0.25) is 0 Å². The van der Waals surface area contributed by atoms with E-state index in [1.54, 1.807) is 12.0 Å². The molecule has 3 aromatic carbocycles. The molecular formula is C25H25N3O3. The quantitative estimate of drug-likeness (QED) is 0.596. The Hall–Kier alpha value is -3.80. The molecule has 0 saturated carbocycles. The molecule has 0 aliphatic carbocycles. The van der Waals surface area contributed by atoms with Gasteiger partial charge in [-0.1, -0.05) is 65.8 Å². The number of urea groups is 1. The van der Waals surface area contributed by atoms with Gasteiger partial charge in [0.15, 0.2) is 6.10 Å². The molecule has 1 N–H and O–H groups in total. The SMILES string of the molecule is COc1ccccc1C1=NOC(CN(Cc2ccccc2)C(=O)Nc2ccccc2)C1. The van der Waals surface area contributed by atoms with Crippen LogP contribution in [0.4, 0.5) is 10.5 Å². The molecule has 4 rings (SSSR count). The van der Waals surface area contributed by atoms with Crippen molar-refractivity contribution in [3.05, 3.63) is 96.1 Å². The number of nitrogens with one attached hydrogen (secondary N) is 1. The molecule has 0 bridgehead atoms. The molecule has 0 saturated heterocycles. The summed E-state index contributed by atoms with van der Waals surface area (Å²) in [5, 5.41) is 7.25. The summed E-state index contributed by atoms with van der Waals surface area (Å²) >= 11 is 0. The molecule has 1 unspecified atom stereocenters. The van der Waals surface area contributed by atoms with Gasteiger partial charge in [-0.25, -0.2) is 4.79 Å². The minimum Gasteiger partial charge on any atom is -0.496 e. The summed E-state index contributed by atoms with van der Waals surface area (Å²) in [5.74, 6) is 0.758. The predicted octanol–water partition coefficient (Wildman–Crippen LogP) is 4.92. The van der Waals surface area contributed by atoms with E-state index in [1.807, 2.05) is 84.9 Å². The highest BCUT2D eigenvalue weighted by Gasteiger charge is 2.28. The van der Waals surface area contributed by atoms with Crippen LogP contribution >= 0.6 is 0 Å². The summed E-state index contributed by atoms with van der Waals surface area (Å²) in [6, 6.07) is 26.9. The van der Waals surface area contributed by atoms with Crippen LogP contribution in [0.5, 0.6) is 5.75 Å². The first-order chi connectivity index (χ1) is 15.2. The van der Waals surface area contributed by atoms with Crippen molar-refractivity contribution in [2.45, 2.75) is 19.1 Å². The van der Waals surface area contributed by atoms with E-state index >= 15 is 0 Å². The molecule has 6 heteroatoms. The van der Waals surface area contributed by atoms with Crippen LogP contribution in [0, 0.1) is 0 Å². The van der Waals surface area contributed by atoms with Crippen LogP contribution in [0.25, 0.3) is 0 Å². The van der Waals surface area contributed by atoms with Crippen LogP contribution < -0.4 is 10.1 Å². The first-order valence-electron chi connectivity index (χ1n) is 10.2. The third kappa shape index (κ3) is 5.22. The Kier molecular flexibility index (Phi) is 6.47. The van der Waals surface area contributed by atoms with Gasteiger partial charge in [0.05, 0.1) is 19.4 Å². The topological polar surface area (TPSA) is 63.2 Å². The number of para-hydroxylation sites is 2. The molecule has 1 heterocycles. The second kappa shape index (κ2) is 9.80. The van der Waals surface area contributed by atoms with Gasteiger partial charge in [0.1, 0.15) is 5.75 Å². The third-order valence-electron chi connectivity index (χ3n) is 5.10. The van der Waals surface area contributed by atoms with Crippen molar-refractivity contribution in [1.82, 2.24) is 4.90 Å². The smallest absolute Gasteiger partial charge is 0.322 e. The monoisotopic (exact) mass is 415 g/mol. The molecule has 0 spiro atoms. The lowest BCUT2D eigenvalue weighted by Crippen LogP contribution is -2.40. The zero-order valence-electron chi connectivity index (χ0n) is 17.4. The summed E-state index contributed by atoms with van der Waals surface area (Å²) in [7, 11) is 1.64. The fourth-order valence-electron chi connectivity index (χ4n) is 3.56. The first kappa shape index (κ1) is 20.5. The van der Waals surface area contributed by atoms with Gasteiger partial charge in [0.2, 0.25) is 0 Å². The number of hydrogen-bond donors (Lipinski definition) is 1. The molecule has 3 aromatic rings. The lowest BCUT2D eigenvalue weighted by atomic mass is 10.0. The molecule has 0 fully saturated rings. The van der Waals surface area contributed by atoms with E-state index in [0.29, 0.717) is 19.5 Å². The van der Waals surface area contributed by atoms with Gasteiger partial charge < -0.3 is 19.8 Å². The number of nitrogens with zero attached hydrogens (tertiary/aromatic N) is 2. The maximum atomic E-state index is 13.1. The third-order valence-corrected chi connectivity index (χ3v) is 5.10. The summed E-state index contributed by atoms with van der Waals surface area (Å²) in [5.41, 5.74) is 3.54. The van der Waals surface area contributed by atoms with Crippen LogP contribution in [0.15, 0.2) is 90.1 Å². The second-order valence-corrected chi connectivity index (χ2v) is 7.33. The van der Waals surface area contributed by atoms with E-state index in [4.69, 9.17) is 9.57 Å². The predicted molar refractivity (Wildman–Crippen MR) is 121 cm³/mol. The number of amides is 2. The number of carbonyl (C=O) groups excluding carboxylic acids is 1. The average molecular weight is 415 g/mol. The van der Waals surface area contributed by atoms with E-state index in [1.165, 1.54) is 0 Å². The van der Waals surface area contributed by atoms with Crippen molar-refractivity contribution in [2.75, 3.05) is 19.0 Å². The normalized spacial score (nSPS) is 15.0. The van der Waals surface area contributed by atoms with Crippen LogP contribution in [0.1, 0.15) is 17.5 Å². The van der Waals surface area contributed by atoms with Crippen LogP contribution in [0.3, 0.4) is 0 Å². The minimum atomic E-state index is -0.231. The van der Waals surface area contributed by atoms with Gasteiger partial charge in [-0.05, 0) is 29.8 Å². The average Bonchev–Trinajstić information content (AvgIpc) is 3.28. The van der Waals surface area contributed by atoms with Gasteiger partial charge in [0, 0.05) is 24.2 Å². The van der Waals surface area contributed by atoms with Crippen molar-refractivity contribution < 1.29 is 14.4 Å². The first-order valence-corrected chi connectivity index (χ1v) is 10.2. The van der Waals surface area contributed by atoms with Crippen LogP contribution in [-0.2, 0) is 11.4 Å². The molecule has 1 atom stereocenters. The van der Waals surface area contributed by atoms with E-state index in [9.17, 15) is 4.79 Å². The Morgan fingerprint density at radius 3 is 2.45 bits per heavy atom. The number of carbonyl (C=O) groups is 1. The summed E-state index contributed by atoms with van der Waals surface area (Å²) in [4.78, 5) is 20.5. The van der Waals surface area contributed by atoms with E-state index in [0.717, 1.165) is 28.3 Å². The number of hydrogen-bond acceptors (Lipinski definition) is 4. The van der Waals surface area contributed by atoms with Gasteiger partial charge in [-0.3, -0.25) is 0 Å². The number of anilines is 1. The summed E-state index contributed by atoms with van der Waals surface area (Å²) in [6.45, 7) is 0.888.